The Morgan fingerprint density at radius 1 is 1.00 bits per heavy atom. The summed E-state index contributed by atoms with van der Waals surface area (Å²) in [6, 6.07) is 13.7. The first-order valence-electron chi connectivity index (χ1n) is 9.60. The summed E-state index contributed by atoms with van der Waals surface area (Å²) in [6.07, 6.45) is 0.223. The quantitative estimate of drug-likeness (QED) is 0.533. The van der Waals surface area contributed by atoms with Crippen LogP contribution in [0.15, 0.2) is 42.5 Å². The van der Waals surface area contributed by atoms with Gasteiger partial charge in [0.15, 0.2) is 5.78 Å². The number of carbonyl (C=O) groups excluding carboxylic acids is 1. The molecule has 1 unspecified atom stereocenters. The Bertz CT molecular complexity index is 816. The molecule has 0 N–H and O–H groups in total. The molecule has 1 fully saturated rings. The molecule has 1 saturated heterocycles. The molecule has 3 rings (SSSR count). The van der Waals surface area contributed by atoms with Gasteiger partial charge in [-0.2, -0.15) is 0 Å². The van der Waals surface area contributed by atoms with Gasteiger partial charge in [0.2, 0.25) is 0 Å². The topological polar surface area (TPSA) is 38.8 Å². The number of ketones is 1. The molecule has 1 atom stereocenters. The fourth-order valence-corrected chi connectivity index (χ4v) is 3.06. The zero-order valence-electron chi connectivity index (χ0n) is 17.3. The zero-order chi connectivity index (χ0) is 19.8. The molecule has 0 spiro atoms. The number of hydrogen-bond donors (Lipinski definition) is 0. The second kappa shape index (κ2) is 7.12. The first kappa shape index (κ1) is 19.6. The second-order valence-electron chi connectivity index (χ2n) is 9.38. The van der Waals surface area contributed by atoms with Crippen LogP contribution in [0.5, 0.6) is 5.75 Å². The largest absolute Gasteiger partial charge is 0.491 e. The molecular formula is C24H30O3. The first-order valence-corrected chi connectivity index (χ1v) is 9.60. The number of hydrogen-bond acceptors (Lipinski definition) is 3. The minimum absolute atomic E-state index is 0.00593. The Balaban J connectivity index is 1.91. The van der Waals surface area contributed by atoms with Crippen molar-refractivity contribution in [3.8, 4) is 5.75 Å². The van der Waals surface area contributed by atoms with E-state index in [4.69, 9.17) is 9.47 Å². The lowest BCUT2D eigenvalue weighted by molar-refractivity contribution is 0.103. The highest BCUT2D eigenvalue weighted by atomic mass is 16.6. The third-order valence-electron chi connectivity index (χ3n) is 4.89. The van der Waals surface area contributed by atoms with E-state index in [1.807, 2.05) is 24.3 Å². The van der Waals surface area contributed by atoms with Gasteiger partial charge in [-0.05, 0) is 52.3 Å². The number of carbonyl (C=O) groups is 1. The normalized spacial score (nSPS) is 16.9. The molecule has 2 aromatic carbocycles. The smallest absolute Gasteiger partial charge is 0.193 e. The fraction of sp³-hybridized carbons (Fsp3) is 0.458. The van der Waals surface area contributed by atoms with Crippen LogP contribution in [-0.4, -0.2) is 25.1 Å². The molecule has 0 aromatic heterocycles. The van der Waals surface area contributed by atoms with Crippen LogP contribution in [0.4, 0.5) is 0 Å². The molecule has 0 amide bonds. The molecule has 0 saturated carbocycles. The van der Waals surface area contributed by atoms with Gasteiger partial charge in [0.25, 0.3) is 0 Å². The third kappa shape index (κ3) is 4.78. The van der Waals surface area contributed by atoms with E-state index in [1.54, 1.807) is 0 Å². The third-order valence-corrected chi connectivity index (χ3v) is 4.89. The van der Waals surface area contributed by atoms with Gasteiger partial charge >= 0.3 is 0 Å². The molecule has 3 heteroatoms. The lowest BCUT2D eigenvalue weighted by atomic mass is 9.78. The van der Waals surface area contributed by atoms with Crippen molar-refractivity contribution >= 4 is 5.78 Å². The van der Waals surface area contributed by atoms with Gasteiger partial charge in [0.1, 0.15) is 18.5 Å². The highest BCUT2D eigenvalue weighted by molar-refractivity contribution is 6.10. The van der Waals surface area contributed by atoms with Gasteiger partial charge in [0, 0.05) is 11.1 Å². The van der Waals surface area contributed by atoms with E-state index in [2.05, 4.69) is 59.7 Å². The molecule has 1 aliphatic heterocycles. The van der Waals surface area contributed by atoms with Gasteiger partial charge in [-0.25, -0.2) is 0 Å². The van der Waals surface area contributed by atoms with Crippen molar-refractivity contribution in [3.63, 3.8) is 0 Å². The van der Waals surface area contributed by atoms with Gasteiger partial charge in [0.05, 0.1) is 6.61 Å². The minimum atomic E-state index is -0.102. The molecule has 144 valence electrons. The van der Waals surface area contributed by atoms with E-state index in [9.17, 15) is 4.79 Å². The van der Waals surface area contributed by atoms with Crippen LogP contribution < -0.4 is 4.74 Å². The van der Waals surface area contributed by atoms with Crippen LogP contribution in [0.3, 0.4) is 0 Å². The lowest BCUT2D eigenvalue weighted by Gasteiger charge is -2.26. The molecule has 0 radical (unpaired) electrons. The summed E-state index contributed by atoms with van der Waals surface area (Å²) in [6.45, 7) is 14.3. The number of epoxide rings is 1. The molecular weight excluding hydrogens is 336 g/mol. The summed E-state index contributed by atoms with van der Waals surface area (Å²) in [5.41, 5.74) is 3.61. The van der Waals surface area contributed by atoms with Gasteiger partial charge < -0.3 is 9.47 Å². The number of rotatable bonds is 5. The zero-order valence-corrected chi connectivity index (χ0v) is 17.3. The van der Waals surface area contributed by atoms with Crippen molar-refractivity contribution < 1.29 is 14.3 Å². The van der Waals surface area contributed by atoms with Crippen molar-refractivity contribution in [2.24, 2.45) is 0 Å². The second-order valence-corrected chi connectivity index (χ2v) is 9.38. The van der Waals surface area contributed by atoms with Gasteiger partial charge in [-0.15, -0.1) is 0 Å². The monoisotopic (exact) mass is 366 g/mol. The number of benzene rings is 2. The van der Waals surface area contributed by atoms with Crippen LogP contribution in [0, 0.1) is 0 Å². The first-order chi connectivity index (χ1) is 12.6. The van der Waals surface area contributed by atoms with E-state index in [-0.39, 0.29) is 22.7 Å². The molecule has 0 bridgehead atoms. The summed E-state index contributed by atoms with van der Waals surface area (Å²) in [4.78, 5) is 13.3. The summed E-state index contributed by atoms with van der Waals surface area (Å²) >= 11 is 0. The predicted octanol–water partition coefficient (Wildman–Crippen LogP) is 5.29. The van der Waals surface area contributed by atoms with Gasteiger partial charge in [-0.3, -0.25) is 4.79 Å². The van der Waals surface area contributed by atoms with Crippen molar-refractivity contribution in [1.29, 1.82) is 0 Å². The highest BCUT2D eigenvalue weighted by Gasteiger charge is 2.26. The number of ether oxygens (including phenoxy) is 2. The Kier molecular flexibility index (Phi) is 5.18. The minimum Gasteiger partial charge on any atom is -0.491 e. The molecule has 3 nitrogen and oxygen atoms in total. The Hall–Kier alpha value is -2.13. The van der Waals surface area contributed by atoms with E-state index >= 15 is 0 Å². The maximum absolute atomic E-state index is 13.3. The van der Waals surface area contributed by atoms with Crippen molar-refractivity contribution in [1.82, 2.24) is 0 Å². The maximum atomic E-state index is 13.3. The summed E-state index contributed by atoms with van der Waals surface area (Å²) in [5.74, 6) is 0.824. The SMILES string of the molecule is CC(C)(C)c1ccc(C(C)(C)C)c(C(=O)c2ccc(OCC3CO3)cc2)c1. The van der Waals surface area contributed by atoms with Gasteiger partial charge in [-0.1, -0.05) is 53.7 Å². The van der Waals surface area contributed by atoms with E-state index in [1.165, 1.54) is 5.56 Å². The van der Waals surface area contributed by atoms with Crippen molar-refractivity contribution in [3.05, 3.63) is 64.7 Å². The molecule has 27 heavy (non-hydrogen) atoms. The predicted molar refractivity (Wildman–Crippen MR) is 109 cm³/mol. The standard InChI is InChI=1S/C24H30O3/c1-23(2,3)17-9-12-21(24(4,5)6)20(13-17)22(25)16-7-10-18(11-8-16)26-14-19-15-27-19/h7-13,19H,14-15H2,1-6H3. The average molecular weight is 367 g/mol. The highest BCUT2D eigenvalue weighted by Crippen LogP contribution is 2.32. The van der Waals surface area contributed by atoms with E-state index in [0.29, 0.717) is 12.2 Å². The Morgan fingerprint density at radius 2 is 1.63 bits per heavy atom. The average Bonchev–Trinajstić information content (AvgIpc) is 3.42. The molecule has 1 aliphatic rings. The van der Waals surface area contributed by atoms with Crippen LogP contribution in [0.25, 0.3) is 0 Å². The van der Waals surface area contributed by atoms with Crippen molar-refractivity contribution in [2.75, 3.05) is 13.2 Å². The van der Waals surface area contributed by atoms with Crippen LogP contribution in [0.1, 0.15) is 68.6 Å². The lowest BCUT2D eigenvalue weighted by Crippen LogP contribution is -2.20. The summed E-state index contributed by atoms with van der Waals surface area (Å²) in [7, 11) is 0. The molecule has 1 heterocycles. The van der Waals surface area contributed by atoms with E-state index < -0.39 is 0 Å². The van der Waals surface area contributed by atoms with Crippen LogP contribution >= 0.6 is 0 Å². The van der Waals surface area contributed by atoms with E-state index in [0.717, 1.165) is 23.5 Å². The molecule has 0 aliphatic carbocycles. The Morgan fingerprint density at radius 3 is 2.15 bits per heavy atom. The summed E-state index contributed by atoms with van der Waals surface area (Å²) in [5, 5.41) is 0. The maximum Gasteiger partial charge on any atom is 0.193 e. The van der Waals surface area contributed by atoms with Crippen LogP contribution in [-0.2, 0) is 15.6 Å². The van der Waals surface area contributed by atoms with Crippen LogP contribution in [0.2, 0.25) is 0 Å². The fourth-order valence-electron chi connectivity index (χ4n) is 3.06. The molecule has 2 aromatic rings. The van der Waals surface area contributed by atoms with Crippen molar-refractivity contribution in [2.45, 2.75) is 58.5 Å². The summed E-state index contributed by atoms with van der Waals surface area (Å²) < 4.78 is 10.8. The Labute approximate surface area is 162 Å².